The Morgan fingerprint density at radius 1 is 1.22 bits per heavy atom. The van der Waals surface area contributed by atoms with Crippen LogP contribution in [0.2, 0.25) is 0 Å². The molecule has 2 aromatic carbocycles. The molecule has 194 valence electrons. The molecule has 0 aromatic heterocycles. The zero-order chi connectivity index (χ0) is 26.6. The molecule has 1 heterocycles. The maximum Gasteiger partial charge on any atom is 0.417 e. The van der Waals surface area contributed by atoms with Gasteiger partial charge in [0.1, 0.15) is 17.7 Å². The SMILES string of the molecule is C=CC(=O)N1CCN(C[C@H](Oc2ccc(C(=O)NC)c(C(F)(F)F)c2)c2ccc(C)c(F)c2)C[C@H]1C. The molecule has 0 aliphatic carbocycles. The molecule has 1 fully saturated rings. The van der Waals surface area contributed by atoms with Crippen molar-refractivity contribution in [1.82, 2.24) is 15.1 Å². The zero-order valence-electron chi connectivity index (χ0n) is 20.4. The molecule has 2 atom stereocenters. The van der Waals surface area contributed by atoms with E-state index in [0.29, 0.717) is 30.8 Å². The molecule has 6 nitrogen and oxygen atoms in total. The van der Waals surface area contributed by atoms with E-state index in [9.17, 15) is 27.2 Å². The molecular formula is C26H29F4N3O3. The minimum absolute atomic E-state index is 0.102. The van der Waals surface area contributed by atoms with Gasteiger partial charge in [-0.2, -0.15) is 13.2 Å². The summed E-state index contributed by atoms with van der Waals surface area (Å²) in [7, 11) is 1.25. The number of hydrogen-bond acceptors (Lipinski definition) is 4. The van der Waals surface area contributed by atoms with Crippen molar-refractivity contribution >= 4 is 11.8 Å². The Balaban J connectivity index is 1.91. The van der Waals surface area contributed by atoms with Gasteiger partial charge in [-0.15, -0.1) is 0 Å². The molecular weight excluding hydrogens is 478 g/mol. The number of ether oxygens (including phenoxy) is 1. The number of nitrogens with one attached hydrogen (secondary N) is 1. The Kier molecular flexibility index (Phi) is 8.39. The van der Waals surface area contributed by atoms with E-state index in [1.165, 1.54) is 25.3 Å². The lowest BCUT2D eigenvalue weighted by Crippen LogP contribution is -2.54. The van der Waals surface area contributed by atoms with Crippen molar-refractivity contribution in [2.45, 2.75) is 32.2 Å². The Labute approximate surface area is 207 Å². The van der Waals surface area contributed by atoms with Crippen LogP contribution in [0.1, 0.15) is 40.1 Å². The molecule has 1 aliphatic heterocycles. The van der Waals surface area contributed by atoms with E-state index in [0.717, 1.165) is 12.1 Å². The summed E-state index contributed by atoms with van der Waals surface area (Å²) in [5.74, 6) is -1.60. The normalized spacial score (nSPS) is 17.4. The molecule has 1 saturated heterocycles. The third-order valence-corrected chi connectivity index (χ3v) is 6.21. The Morgan fingerprint density at radius 2 is 1.94 bits per heavy atom. The van der Waals surface area contributed by atoms with Crippen molar-refractivity contribution in [1.29, 1.82) is 0 Å². The lowest BCUT2D eigenvalue weighted by atomic mass is 10.0. The van der Waals surface area contributed by atoms with E-state index in [-0.39, 0.29) is 24.2 Å². The van der Waals surface area contributed by atoms with Crippen LogP contribution in [0.5, 0.6) is 5.75 Å². The van der Waals surface area contributed by atoms with Crippen LogP contribution in [0.25, 0.3) is 0 Å². The number of aryl methyl sites for hydroxylation is 1. The first-order valence-corrected chi connectivity index (χ1v) is 11.5. The molecule has 1 aliphatic rings. The second kappa shape index (κ2) is 11.1. The summed E-state index contributed by atoms with van der Waals surface area (Å²) >= 11 is 0. The van der Waals surface area contributed by atoms with Crippen LogP contribution in [-0.4, -0.2) is 60.9 Å². The van der Waals surface area contributed by atoms with E-state index in [1.807, 2.05) is 11.8 Å². The van der Waals surface area contributed by atoms with Crippen molar-refractivity contribution < 1.29 is 31.9 Å². The summed E-state index contributed by atoms with van der Waals surface area (Å²) in [6, 6.07) is 7.58. The number of piperazine rings is 1. The predicted molar refractivity (Wildman–Crippen MR) is 127 cm³/mol. The summed E-state index contributed by atoms with van der Waals surface area (Å²) in [5.41, 5.74) is -0.762. The highest BCUT2D eigenvalue weighted by atomic mass is 19.4. The van der Waals surface area contributed by atoms with Crippen molar-refractivity contribution in [2.24, 2.45) is 0 Å². The monoisotopic (exact) mass is 507 g/mol. The minimum Gasteiger partial charge on any atom is -0.484 e. The molecule has 2 amide bonds. The van der Waals surface area contributed by atoms with Crippen LogP contribution in [0.3, 0.4) is 0 Å². The number of benzene rings is 2. The quantitative estimate of drug-likeness (QED) is 0.447. The van der Waals surface area contributed by atoms with Gasteiger partial charge in [0.15, 0.2) is 0 Å². The van der Waals surface area contributed by atoms with Gasteiger partial charge in [-0.05, 0) is 55.3 Å². The number of alkyl halides is 3. The van der Waals surface area contributed by atoms with Crippen molar-refractivity contribution in [2.75, 3.05) is 33.2 Å². The molecule has 0 saturated carbocycles. The van der Waals surface area contributed by atoms with Gasteiger partial charge >= 0.3 is 6.18 Å². The van der Waals surface area contributed by atoms with Gasteiger partial charge in [0, 0.05) is 39.3 Å². The lowest BCUT2D eigenvalue weighted by Gasteiger charge is -2.40. The smallest absolute Gasteiger partial charge is 0.417 e. The number of carbonyl (C=O) groups excluding carboxylic acids is 2. The largest absolute Gasteiger partial charge is 0.484 e. The molecule has 3 rings (SSSR count). The highest BCUT2D eigenvalue weighted by Crippen LogP contribution is 2.36. The molecule has 10 heteroatoms. The number of hydrogen-bond donors (Lipinski definition) is 1. The van der Waals surface area contributed by atoms with E-state index >= 15 is 0 Å². The second-order valence-electron chi connectivity index (χ2n) is 8.74. The maximum atomic E-state index is 14.4. The maximum absolute atomic E-state index is 14.4. The molecule has 0 bridgehead atoms. The van der Waals surface area contributed by atoms with Gasteiger partial charge in [0.25, 0.3) is 5.91 Å². The van der Waals surface area contributed by atoms with Crippen molar-refractivity contribution in [3.63, 3.8) is 0 Å². The molecule has 0 radical (unpaired) electrons. The highest BCUT2D eigenvalue weighted by Gasteiger charge is 2.36. The van der Waals surface area contributed by atoms with Gasteiger partial charge in [0.2, 0.25) is 5.91 Å². The average molecular weight is 508 g/mol. The first kappa shape index (κ1) is 27.2. The summed E-state index contributed by atoms with van der Waals surface area (Å²) in [6.45, 7) is 8.72. The molecule has 1 N–H and O–H groups in total. The first-order valence-electron chi connectivity index (χ1n) is 11.5. The van der Waals surface area contributed by atoms with Gasteiger partial charge in [0.05, 0.1) is 11.1 Å². The fourth-order valence-electron chi connectivity index (χ4n) is 4.23. The average Bonchev–Trinajstić information content (AvgIpc) is 2.84. The van der Waals surface area contributed by atoms with Crippen LogP contribution in [0, 0.1) is 12.7 Å². The fourth-order valence-corrected chi connectivity index (χ4v) is 4.23. The van der Waals surface area contributed by atoms with Crippen LogP contribution < -0.4 is 10.1 Å². The van der Waals surface area contributed by atoms with E-state index in [1.54, 1.807) is 24.0 Å². The topological polar surface area (TPSA) is 61.9 Å². The third kappa shape index (κ3) is 6.23. The van der Waals surface area contributed by atoms with Crippen LogP contribution in [0.15, 0.2) is 49.1 Å². The number of amides is 2. The van der Waals surface area contributed by atoms with Crippen LogP contribution in [0.4, 0.5) is 17.6 Å². The van der Waals surface area contributed by atoms with E-state index in [4.69, 9.17) is 4.74 Å². The van der Waals surface area contributed by atoms with Crippen molar-refractivity contribution in [3.8, 4) is 5.75 Å². The van der Waals surface area contributed by atoms with Crippen LogP contribution in [-0.2, 0) is 11.0 Å². The Hall–Kier alpha value is -3.40. The standard InChI is InChI=1S/C26H29F4N3O3/c1-5-24(34)33-11-10-32(14-17(33)3)15-23(18-7-6-16(2)22(27)12-18)36-19-8-9-20(25(35)31-4)21(13-19)26(28,29)30/h5-9,12-13,17,23H,1,10-11,14-15H2,2-4H3,(H,31,35)/t17-,23+/m1/s1. The molecule has 0 unspecified atom stereocenters. The third-order valence-electron chi connectivity index (χ3n) is 6.21. The number of nitrogens with zero attached hydrogens (tertiary/aromatic N) is 2. The van der Waals surface area contributed by atoms with Gasteiger partial charge < -0.3 is 15.0 Å². The van der Waals surface area contributed by atoms with Gasteiger partial charge in [-0.3, -0.25) is 14.5 Å². The number of halogens is 4. The number of carbonyl (C=O) groups is 2. The molecule has 2 aromatic rings. The second-order valence-corrected chi connectivity index (χ2v) is 8.74. The van der Waals surface area contributed by atoms with E-state index < -0.39 is 35.1 Å². The molecule has 36 heavy (non-hydrogen) atoms. The first-order chi connectivity index (χ1) is 16.9. The number of rotatable bonds is 7. The molecule has 0 spiro atoms. The highest BCUT2D eigenvalue weighted by molar-refractivity contribution is 5.95. The summed E-state index contributed by atoms with van der Waals surface area (Å²) in [6.07, 6.45) is -4.33. The zero-order valence-corrected chi connectivity index (χ0v) is 20.4. The Bertz CT molecular complexity index is 1140. The van der Waals surface area contributed by atoms with Gasteiger partial charge in [-0.25, -0.2) is 4.39 Å². The summed E-state index contributed by atoms with van der Waals surface area (Å²) in [4.78, 5) is 27.7. The predicted octanol–water partition coefficient (Wildman–Crippen LogP) is 4.35. The fraction of sp³-hybridized carbons (Fsp3) is 0.385. The van der Waals surface area contributed by atoms with Gasteiger partial charge in [-0.1, -0.05) is 18.7 Å². The lowest BCUT2D eigenvalue weighted by molar-refractivity contribution is -0.138. The van der Waals surface area contributed by atoms with Crippen molar-refractivity contribution in [3.05, 3.63) is 77.1 Å². The van der Waals surface area contributed by atoms with Crippen LogP contribution >= 0.6 is 0 Å². The minimum atomic E-state index is -4.78. The summed E-state index contributed by atoms with van der Waals surface area (Å²) < 4.78 is 61.5. The Morgan fingerprint density at radius 3 is 2.53 bits per heavy atom. The van der Waals surface area contributed by atoms with E-state index in [2.05, 4.69) is 11.9 Å². The summed E-state index contributed by atoms with van der Waals surface area (Å²) in [5, 5.41) is 2.20.